The predicted octanol–water partition coefficient (Wildman–Crippen LogP) is 3.84. The predicted molar refractivity (Wildman–Crippen MR) is 76.9 cm³/mol. The lowest BCUT2D eigenvalue weighted by molar-refractivity contribution is -0.137. The van der Waals surface area contributed by atoms with Gasteiger partial charge in [-0.25, -0.2) is 4.79 Å². The molecule has 0 radical (unpaired) electrons. The van der Waals surface area contributed by atoms with Gasteiger partial charge in [0.1, 0.15) is 0 Å². The molecule has 0 saturated carbocycles. The van der Waals surface area contributed by atoms with Crippen LogP contribution < -0.4 is 0 Å². The Morgan fingerprint density at radius 3 is 2.38 bits per heavy atom. The van der Waals surface area contributed by atoms with Crippen LogP contribution in [0.2, 0.25) is 0 Å². The lowest BCUT2D eigenvalue weighted by atomic mass is 10.1. The highest BCUT2D eigenvalue weighted by Crippen LogP contribution is 2.33. The summed E-state index contributed by atoms with van der Waals surface area (Å²) in [6, 6.07) is 2.85. The van der Waals surface area contributed by atoms with Gasteiger partial charge in [0.15, 0.2) is 0 Å². The molecule has 0 fully saturated rings. The van der Waals surface area contributed by atoms with Crippen LogP contribution >= 0.6 is 11.8 Å². The van der Waals surface area contributed by atoms with Crippen molar-refractivity contribution in [1.82, 2.24) is 4.90 Å². The van der Waals surface area contributed by atoms with Crippen LogP contribution in [0.15, 0.2) is 23.1 Å². The van der Waals surface area contributed by atoms with E-state index in [-0.39, 0.29) is 5.56 Å². The van der Waals surface area contributed by atoms with Crippen molar-refractivity contribution in [3.63, 3.8) is 0 Å². The van der Waals surface area contributed by atoms with E-state index in [2.05, 4.69) is 4.90 Å². The zero-order chi connectivity index (χ0) is 16.0. The molecule has 0 amide bonds. The van der Waals surface area contributed by atoms with Gasteiger partial charge in [-0.1, -0.05) is 13.8 Å². The van der Waals surface area contributed by atoms with Gasteiger partial charge in [0.2, 0.25) is 0 Å². The molecular formula is C14H18F3NO2S. The Morgan fingerprint density at radius 2 is 1.90 bits per heavy atom. The minimum Gasteiger partial charge on any atom is -0.478 e. The zero-order valence-electron chi connectivity index (χ0n) is 11.9. The van der Waals surface area contributed by atoms with E-state index >= 15 is 0 Å². The standard InChI is InChI=1S/C14H18F3NO2S/c1-3-18(4-2)7-8-21-12-6-5-10(14(15,16)17)9-11(12)13(19)20/h5-6,9H,3-4,7-8H2,1-2H3,(H,19,20). The first-order chi connectivity index (χ1) is 9.79. The van der Waals surface area contributed by atoms with Gasteiger partial charge in [-0.05, 0) is 31.3 Å². The van der Waals surface area contributed by atoms with Gasteiger partial charge in [-0.15, -0.1) is 11.8 Å². The summed E-state index contributed by atoms with van der Waals surface area (Å²) < 4.78 is 37.8. The van der Waals surface area contributed by atoms with Crippen molar-refractivity contribution < 1.29 is 23.1 Å². The normalized spacial score (nSPS) is 11.9. The van der Waals surface area contributed by atoms with Crippen LogP contribution in [0.3, 0.4) is 0 Å². The van der Waals surface area contributed by atoms with E-state index in [1.165, 1.54) is 17.8 Å². The Hall–Kier alpha value is -1.21. The van der Waals surface area contributed by atoms with Crippen molar-refractivity contribution in [2.75, 3.05) is 25.4 Å². The monoisotopic (exact) mass is 321 g/mol. The van der Waals surface area contributed by atoms with Gasteiger partial charge in [0, 0.05) is 17.2 Å². The van der Waals surface area contributed by atoms with E-state index in [1.54, 1.807) is 0 Å². The number of carboxylic acids is 1. The highest BCUT2D eigenvalue weighted by Gasteiger charge is 2.31. The molecule has 118 valence electrons. The summed E-state index contributed by atoms with van der Waals surface area (Å²) in [6.07, 6.45) is -4.53. The number of thioether (sulfide) groups is 1. The molecule has 0 aromatic heterocycles. The Bertz CT molecular complexity index is 488. The highest BCUT2D eigenvalue weighted by atomic mass is 32.2. The molecule has 7 heteroatoms. The molecule has 0 aliphatic carbocycles. The third-order valence-corrected chi connectivity index (χ3v) is 4.15. The van der Waals surface area contributed by atoms with Gasteiger partial charge >= 0.3 is 12.1 Å². The zero-order valence-corrected chi connectivity index (χ0v) is 12.7. The quantitative estimate of drug-likeness (QED) is 0.775. The average molecular weight is 321 g/mol. The minimum atomic E-state index is -4.53. The van der Waals surface area contributed by atoms with E-state index in [1.807, 2.05) is 13.8 Å². The van der Waals surface area contributed by atoms with Crippen LogP contribution in [-0.4, -0.2) is 41.4 Å². The van der Waals surface area contributed by atoms with E-state index in [0.29, 0.717) is 16.7 Å². The smallest absolute Gasteiger partial charge is 0.416 e. The van der Waals surface area contributed by atoms with Gasteiger partial charge in [0.05, 0.1) is 11.1 Å². The van der Waals surface area contributed by atoms with E-state index in [0.717, 1.165) is 25.7 Å². The third-order valence-electron chi connectivity index (χ3n) is 3.10. The van der Waals surface area contributed by atoms with Gasteiger partial charge in [-0.2, -0.15) is 13.2 Å². The second-order valence-electron chi connectivity index (χ2n) is 4.39. The van der Waals surface area contributed by atoms with E-state index < -0.39 is 17.7 Å². The number of rotatable bonds is 7. The first kappa shape index (κ1) is 17.8. The molecule has 1 rings (SSSR count). The van der Waals surface area contributed by atoms with Crippen molar-refractivity contribution in [3.05, 3.63) is 29.3 Å². The summed E-state index contributed by atoms with van der Waals surface area (Å²) in [6.45, 7) is 6.58. The summed E-state index contributed by atoms with van der Waals surface area (Å²) in [5.74, 6) is -0.709. The molecule has 0 heterocycles. The van der Waals surface area contributed by atoms with Crippen LogP contribution in [0.1, 0.15) is 29.8 Å². The van der Waals surface area contributed by atoms with Crippen molar-refractivity contribution in [3.8, 4) is 0 Å². The lowest BCUT2D eigenvalue weighted by Gasteiger charge is -2.17. The number of nitrogens with zero attached hydrogens (tertiary/aromatic N) is 1. The number of carbonyl (C=O) groups is 1. The first-order valence-electron chi connectivity index (χ1n) is 6.59. The molecule has 1 aromatic carbocycles. The van der Waals surface area contributed by atoms with Crippen LogP contribution in [-0.2, 0) is 6.18 Å². The Labute approximate surface area is 126 Å². The Balaban J connectivity index is 2.85. The molecule has 0 atom stereocenters. The van der Waals surface area contributed by atoms with Crippen molar-refractivity contribution in [2.24, 2.45) is 0 Å². The molecule has 0 saturated heterocycles. The summed E-state index contributed by atoms with van der Waals surface area (Å²) >= 11 is 1.26. The summed E-state index contributed by atoms with van der Waals surface area (Å²) in [5, 5.41) is 9.07. The SMILES string of the molecule is CCN(CC)CCSc1ccc(C(F)(F)F)cc1C(=O)O. The summed E-state index contributed by atoms with van der Waals surface area (Å²) in [4.78, 5) is 13.6. The summed E-state index contributed by atoms with van der Waals surface area (Å²) in [7, 11) is 0. The number of aromatic carboxylic acids is 1. The van der Waals surface area contributed by atoms with Crippen LogP contribution in [0.5, 0.6) is 0 Å². The number of hydrogen-bond donors (Lipinski definition) is 1. The molecule has 21 heavy (non-hydrogen) atoms. The number of halogens is 3. The molecule has 1 aromatic rings. The number of carboxylic acid groups (broad SMARTS) is 1. The largest absolute Gasteiger partial charge is 0.478 e. The minimum absolute atomic E-state index is 0.297. The fourth-order valence-corrected chi connectivity index (χ4v) is 2.86. The van der Waals surface area contributed by atoms with Crippen LogP contribution in [0.25, 0.3) is 0 Å². The van der Waals surface area contributed by atoms with Crippen molar-refractivity contribution in [1.29, 1.82) is 0 Å². The number of benzene rings is 1. The van der Waals surface area contributed by atoms with Gasteiger partial charge in [-0.3, -0.25) is 0 Å². The fourth-order valence-electron chi connectivity index (χ4n) is 1.82. The first-order valence-corrected chi connectivity index (χ1v) is 7.57. The molecule has 1 N–H and O–H groups in total. The fraction of sp³-hybridized carbons (Fsp3) is 0.500. The highest BCUT2D eigenvalue weighted by molar-refractivity contribution is 7.99. The molecule has 0 aliphatic heterocycles. The molecule has 0 bridgehead atoms. The molecule has 0 aliphatic rings. The van der Waals surface area contributed by atoms with E-state index in [9.17, 15) is 18.0 Å². The number of hydrogen-bond acceptors (Lipinski definition) is 3. The maximum atomic E-state index is 12.6. The molecular weight excluding hydrogens is 303 g/mol. The second kappa shape index (κ2) is 7.70. The number of alkyl halides is 3. The van der Waals surface area contributed by atoms with Gasteiger partial charge < -0.3 is 10.0 Å². The average Bonchev–Trinajstić information content (AvgIpc) is 2.42. The van der Waals surface area contributed by atoms with Crippen LogP contribution in [0.4, 0.5) is 13.2 Å². The Kier molecular flexibility index (Phi) is 6.54. The lowest BCUT2D eigenvalue weighted by Crippen LogP contribution is -2.25. The van der Waals surface area contributed by atoms with Gasteiger partial charge in [0.25, 0.3) is 0 Å². The van der Waals surface area contributed by atoms with Crippen molar-refractivity contribution >= 4 is 17.7 Å². The third kappa shape index (κ3) is 5.24. The van der Waals surface area contributed by atoms with Crippen LogP contribution in [0, 0.1) is 0 Å². The van der Waals surface area contributed by atoms with Crippen molar-refractivity contribution in [2.45, 2.75) is 24.9 Å². The van der Waals surface area contributed by atoms with E-state index in [4.69, 9.17) is 5.11 Å². The Morgan fingerprint density at radius 1 is 1.29 bits per heavy atom. The second-order valence-corrected chi connectivity index (χ2v) is 5.53. The summed E-state index contributed by atoms with van der Waals surface area (Å²) in [5.41, 5.74) is -1.23. The molecule has 3 nitrogen and oxygen atoms in total. The molecule has 0 unspecified atom stereocenters. The maximum absolute atomic E-state index is 12.6. The topological polar surface area (TPSA) is 40.5 Å². The maximum Gasteiger partial charge on any atom is 0.416 e. The molecule has 0 spiro atoms.